The van der Waals surface area contributed by atoms with Crippen molar-refractivity contribution in [1.29, 1.82) is 0 Å². The van der Waals surface area contributed by atoms with E-state index in [1.165, 1.54) is 48.5 Å². The zero-order chi connectivity index (χ0) is 20.9. The highest BCUT2D eigenvalue weighted by Gasteiger charge is 2.24. The number of benzene rings is 3. The van der Waals surface area contributed by atoms with Crippen LogP contribution in [-0.4, -0.2) is 20.4 Å². The van der Waals surface area contributed by atoms with Crippen molar-refractivity contribution in [2.24, 2.45) is 5.73 Å². The molecule has 0 unspecified atom stereocenters. The highest BCUT2D eigenvalue weighted by atomic mass is 32.2. The third-order valence-electron chi connectivity index (χ3n) is 4.11. The van der Waals surface area contributed by atoms with E-state index in [4.69, 9.17) is 10.5 Å². The van der Waals surface area contributed by atoms with E-state index in [1.54, 1.807) is 24.3 Å². The van der Waals surface area contributed by atoms with Crippen molar-refractivity contribution in [2.45, 2.75) is 17.4 Å². The van der Waals surface area contributed by atoms with E-state index in [1.807, 2.05) is 6.07 Å². The van der Waals surface area contributed by atoms with E-state index in [0.29, 0.717) is 11.5 Å². The van der Waals surface area contributed by atoms with Crippen molar-refractivity contribution in [1.82, 2.24) is 4.72 Å². The molecule has 0 radical (unpaired) electrons. The number of carbonyl (C=O) groups is 1. The van der Waals surface area contributed by atoms with Crippen molar-refractivity contribution in [3.8, 4) is 11.5 Å². The summed E-state index contributed by atoms with van der Waals surface area (Å²) in [6.07, 6.45) is 0.140. The molecule has 0 aliphatic heterocycles. The van der Waals surface area contributed by atoms with Crippen LogP contribution in [0.2, 0.25) is 0 Å². The van der Waals surface area contributed by atoms with Crippen LogP contribution < -0.4 is 15.2 Å². The molecule has 0 heterocycles. The number of rotatable bonds is 8. The van der Waals surface area contributed by atoms with Gasteiger partial charge in [-0.15, -0.1) is 0 Å². The lowest BCUT2D eigenvalue weighted by Gasteiger charge is -2.16. The predicted molar refractivity (Wildman–Crippen MR) is 106 cm³/mol. The molecule has 150 valence electrons. The minimum atomic E-state index is -3.98. The van der Waals surface area contributed by atoms with Crippen LogP contribution in [0.5, 0.6) is 11.5 Å². The minimum Gasteiger partial charge on any atom is -0.457 e. The molecule has 1 atom stereocenters. The summed E-state index contributed by atoms with van der Waals surface area (Å²) >= 11 is 0. The number of hydrogen-bond acceptors (Lipinski definition) is 4. The van der Waals surface area contributed by atoms with Crippen LogP contribution >= 0.6 is 0 Å². The molecule has 1 amide bonds. The molecule has 0 aliphatic carbocycles. The molecule has 0 bridgehead atoms. The summed E-state index contributed by atoms with van der Waals surface area (Å²) in [4.78, 5) is 11.7. The minimum absolute atomic E-state index is 0.0386. The van der Waals surface area contributed by atoms with E-state index in [9.17, 15) is 17.6 Å². The molecule has 6 nitrogen and oxygen atoms in total. The van der Waals surface area contributed by atoms with Gasteiger partial charge in [-0.1, -0.05) is 30.3 Å². The summed E-state index contributed by atoms with van der Waals surface area (Å²) in [5, 5.41) is 0. The lowest BCUT2D eigenvalue weighted by Crippen LogP contribution is -2.45. The quantitative estimate of drug-likeness (QED) is 0.592. The summed E-state index contributed by atoms with van der Waals surface area (Å²) in [6, 6.07) is 19.0. The van der Waals surface area contributed by atoms with Gasteiger partial charge in [0.15, 0.2) is 0 Å². The number of sulfonamides is 1. The summed E-state index contributed by atoms with van der Waals surface area (Å²) in [5.41, 5.74) is 6.16. The van der Waals surface area contributed by atoms with Gasteiger partial charge in [-0.25, -0.2) is 12.8 Å². The average molecular weight is 414 g/mol. The van der Waals surface area contributed by atoms with Crippen LogP contribution in [0.3, 0.4) is 0 Å². The summed E-state index contributed by atoms with van der Waals surface area (Å²) < 4.78 is 46.1. The first-order valence-corrected chi connectivity index (χ1v) is 10.2. The molecule has 3 N–H and O–H groups in total. The Labute approximate surface area is 168 Å². The molecule has 0 fully saturated rings. The maximum Gasteiger partial charge on any atom is 0.241 e. The second-order valence-corrected chi connectivity index (χ2v) is 8.01. The molecule has 0 spiro atoms. The Bertz CT molecular complexity index is 1070. The fraction of sp³-hybridized carbons (Fsp3) is 0.0952. The van der Waals surface area contributed by atoms with Crippen molar-refractivity contribution in [3.63, 3.8) is 0 Å². The molecule has 29 heavy (non-hydrogen) atoms. The predicted octanol–water partition coefficient (Wildman–Crippen LogP) is 2.99. The zero-order valence-electron chi connectivity index (χ0n) is 15.3. The van der Waals surface area contributed by atoms with Crippen molar-refractivity contribution in [3.05, 3.63) is 90.2 Å². The molecule has 0 saturated carbocycles. The van der Waals surface area contributed by atoms with Gasteiger partial charge in [-0.05, 0) is 60.5 Å². The van der Waals surface area contributed by atoms with Gasteiger partial charge in [0.25, 0.3) is 0 Å². The maximum atomic E-state index is 12.9. The third kappa shape index (κ3) is 5.63. The highest BCUT2D eigenvalue weighted by Crippen LogP contribution is 2.23. The number of ether oxygens (including phenoxy) is 1. The summed E-state index contributed by atoms with van der Waals surface area (Å²) in [5.74, 6) is -0.360. The number of hydrogen-bond donors (Lipinski definition) is 2. The van der Waals surface area contributed by atoms with E-state index in [0.717, 1.165) is 5.56 Å². The maximum absolute atomic E-state index is 12.9. The van der Waals surface area contributed by atoms with Gasteiger partial charge in [-0.3, -0.25) is 4.79 Å². The molecule has 0 aliphatic rings. The number of halogens is 1. The monoisotopic (exact) mass is 414 g/mol. The topological polar surface area (TPSA) is 98.5 Å². The number of primary amides is 1. The molecule has 3 rings (SSSR count). The zero-order valence-corrected chi connectivity index (χ0v) is 16.1. The standard InChI is InChI=1S/C21H19FN2O4S/c22-16-6-8-17(9-7-16)28-18-10-12-19(13-11-18)29(26,27)24-20(21(23)25)14-15-4-2-1-3-5-15/h1-13,20,24H,14H2,(H2,23,25)/t20-/m0/s1. The molecule has 8 heteroatoms. The fourth-order valence-corrected chi connectivity index (χ4v) is 3.84. The lowest BCUT2D eigenvalue weighted by atomic mass is 10.1. The van der Waals surface area contributed by atoms with Crippen molar-refractivity contribution >= 4 is 15.9 Å². The lowest BCUT2D eigenvalue weighted by molar-refractivity contribution is -0.119. The number of carbonyl (C=O) groups excluding carboxylic acids is 1. The van der Waals surface area contributed by atoms with Crippen molar-refractivity contribution < 1.29 is 22.3 Å². The highest BCUT2D eigenvalue weighted by molar-refractivity contribution is 7.89. The molecule has 3 aromatic carbocycles. The summed E-state index contributed by atoms with van der Waals surface area (Å²) in [6.45, 7) is 0. The van der Waals surface area contributed by atoms with Crippen LogP contribution in [-0.2, 0) is 21.2 Å². The van der Waals surface area contributed by atoms with Gasteiger partial charge in [0.05, 0.1) is 4.90 Å². The van der Waals surface area contributed by atoms with Crippen LogP contribution in [0.4, 0.5) is 4.39 Å². The largest absolute Gasteiger partial charge is 0.457 e. The fourth-order valence-electron chi connectivity index (χ4n) is 2.63. The van der Waals surface area contributed by atoms with Gasteiger partial charge >= 0.3 is 0 Å². The first-order chi connectivity index (χ1) is 13.8. The van der Waals surface area contributed by atoms with E-state index >= 15 is 0 Å². The first-order valence-electron chi connectivity index (χ1n) is 8.72. The number of nitrogens with one attached hydrogen (secondary N) is 1. The Morgan fingerprint density at radius 3 is 2.03 bits per heavy atom. The Kier molecular flexibility index (Phi) is 6.26. The number of amides is 1. The normalized spacial score (nSPS) is 12.3. The third-order valence-corrected chi connectivity index (χ3v) is 5.59. The van der Waals surface area contributed by atoms with Gasteiger partial charge in [0.2, 0.25) is 15.9 Å². The van der Waals surface area contributed by atoms with Gasteiger partial charge < -0.3 is 10.5 Å². The Hall–Kier alpha value is -3.23. The smallest absolute Gasteiger partial charge is 0.241 e. The van der Waals surface area contributed by atoms with Crippen LogP contribution in [0.1, 0.15) is 5.56 Å². The number of nitrogens with two attached hydrogens (primary N) is 1. The Balaban J connectivity index is 1.72. The molecule has 0 aromatic heterocycles. The van der Waals surface area contributed by atoms with Gasteiger partial charge in [0, 0.05) is 0 Å². The second-order valence-electron chi connectivity index (χ2n) is 6.29. The summed E-state index contributed by atoms with van der Waals surface area (Å²) in [7, 11) is -3.98. The first kappa shape index (κ1) is 20.5. The average Bonchev–Trinajstić information content (AvgIpc) is 2.70. The molecule has 3 aromatic rings. The van der Waals surface area contributed by atoms with Gasteiger partial charge in [-0.2, -0.15) is 4.72 Å². The van der Waals surface area contributed by atoms with E-state index < -0.39 is 22.0 Å². The van der Waals surface area contributed by atoms with E-state index in [2.05, 4.69) is 4.72 Å². The molecular weight excluding hydrogens is 395 g/mol. The van der Waals surface area contributed by atoms with E-state index in [-0.39, 0.29) is 17.1 Å². The Morgan fingerprint density at radius 1 is 0.931 bits per heavy atom. The van der Waals surface area contributed by atoms with Crippen LogP contribution in [0, 0.1) is 5.82 Å². The van der Waals surface area contributed by atoms with Crippen LogP contribution in [0.15, 0.2) is 83.8 Å². The Morgan fingerprint density at radius 2 is 1.48 bits per heavy atom. The van der Waals surface area contributed by atoms with Crippen LogP contribution in [0.25, 0.3) is 0 Å². The molecule has 0 saturated heterocycles. The second kappa shape index (κ2) is 8.85. The van der Waals surface area contributed by atoms with Crippen molar-refractivity contribution in [2.75, 3.05) is 0 Å². The molecular formula is C21H19FN2O4S. The van der Waals surface area contributed by atoms with Gasteiger partial charge in [0.1, 0.15) is 23.4 Å². The SMILES string of the molecule is NC(=O)[C@H](Cc1ccccc1)NS(=O)(=O)c1ccc(Oc2ccc(F)cc2)cc1.